The van der Waals surface area contributed by atoms with Gasteiger partial charge in [-0.05, 0) is 73.0 Å². The van der Waals surface area contributed by atoms with Gasteiger partial charge in [0, 0.05) is 22.6 Å². The SMILES string of the molecule is CC(C)(C)OC(=O)N[C@H](C(=O)N1CCCN1c1ccccc1Br)c1ccc(Cl)cc1. The number of carbonyl (C=O) groups is 2. The number of anilines is 1. The molecule has 30 heavy (non-hydrogen) atoms. The van der Waals surface area contributed by atoms with Crippen molar-refractivity contribution in [1.82, 2.24) is 10.3 Å². The summed E-state index contributed by atoms with van der Waals surface area (Å²) >= 11 is 9.58. The number of rotatable bonds is 4. The first kappa shape index (κ1) is 22.4. The van der Waals surface area contributed by atoms with Crippen molar-refractivity contribution in [3.63, 3.8) is 0 Å². The van der Waals surface area contributed by atoms with E-state index in [-0.39, 0.29) is 5.91 Å². The standard InChI is InChI=1S/C22H25BrClN3O3/c1-22(2,3)30-21(29)25-19(15-9-11-16(24)12-10-15)20(28)27-14-6-13-26(27)18-8-5-4-7-17(18)23/h4-5,7-12,19H,6,13-14H2,1-3H3,(H,25,29)/t19-/m0/s1. The van der Waals surface area contributed by atoms with E-state index in [9.17, 15) is 9.59 Å². The highest BCUT2D eigenvalue weighted by Gasteiger charge is 2.35. The van der Waals surface area contributed by atoms with E-state index in [1.165, 1.54) is 0 Å². The molecule has 6 nitrogen and oxygen atoms in total. The smallest absolute Gasteiger partial charge is 0.408 e. The van der Waals surface area contributed by atoms with Crippen molar-refractivity contribution in [3.8, 4) is 0 Å². The molecule has 1 N–H and O–H groups in total. The zero-order valence-corrected chi connectivity index (χ0v) is 19.5. The van der Waals surface area contributed by atoms with Gasteiger partial charge in [-0.1, -0.05) is 35.9 Å². The van der Waals surface area contributed by atoms with Gasteiger partial charge in [-0.3, -0.25) is 14.8 Å². The highest BCUT2D eigenvalue weighted by molar-refractivity contribution is 9.10. The molecule has 0 aromatic heterocycles. The molecule has 0 aliphatic carbocycles. The minimum absolute atomic E-state index is 0.239. The second-order valence-electron chi connectivity index (χ2n) is 8.02. The minimum Gasteiger partial charge on any atom is -0.444 e. The zero-order chi connectivity index (χ0) is 21.9. The van der Waals surface area contributed by atoms with Crippen LogP contribution in [0.2, 0.25) is 5.02 Å². The van der Waals surface area contributed by atoms with Gasteiger partial charge in [0.1, 0.15) is 11.6 Å². The van der Waals surface area contributed by atoms with E-state index < -0.39 is 17.7 Å². The van der Waals surface area contributed by atoms with Gasteiger partial charge in [-0.25, -0.2) is 4.79 Å². The van der Waals surface area contributed by atoms with Crippen LogP contribution in [0.4, 0.5) is 10.5 Å². The maximum absolute atomic E-state index is 13.6. The monoisotopic (exact) mass is 493 g/mol. The lowest BCUT2D eigenvalue weighted by molar-refractivity contribution is -0.133. The highest BCUT2D eigenvalue weighted by Crippen LogP contribution is 2.31. The first-order valence-corrected chi connectivity index (χ1v) is 10.9. The molecule has 1 aliphatic rings. The number of alkyl carbamates (subject to hydrolysis) is 1. The van der Waals surface area contributed by atoms with Crippen LogP contribution in [0.5, 0.6) is 0 Å². The van der Waals surface area contributed by atoms with E-state index in [0.29, 0.717) is 23.7 Å². The van der Waals surface area contributed by atoms with Gasteiger partial charge in [0.25, 0.3) is 5.91 Å². The summed E-state index contributed by atoms with van der Waals surface area (Å²) in [4.78, 5) is 26.1. The number of para-hydroxylation sites is 1. The van der Waals surface area contributed by atoms with E-state index in [1.807, 2.05) is 29.3 Å². The number of amides is 2. The van der Waals surface area contributed by atoms with Crippen LogP contribution in [0.3, 0.4) is 0 Å². The van der Waals surface area contributed by atoms with Gasteiger partial charge >= 0.3 is 6.09 Å². The number of carbonyl (C=O) groups excluding carboxylic acids is 2. The van der Waals surface area contributed by atoms with Gasteiger partial charge in [0.05, 0.1) is 5.69 Å². The number of hydrazine groups is 1. The summed E-state index contributed by atoms with van der Waals surface area (Å²) in [5.74, 6) is -0.239. The molecular weight excluding hydrogens is 470 g/mol. The highest BCUT2D eigenvalue weighted by atomic mass is 79.9. The van der Waals surface area contributed by atoms with Crippen molar-refractivity contribution in [2.75, 3.05) is 18.1 Å². The van der Waals surface area contributed by atoms with E-state index in [4.69, 9.17) is 16.3 Å². The molecule has 0 radical (unpaired) electrons. The third-order valence-corrected chi connectivity index (χ3v) is 5.45. The molecule has 8 heteroatoms. The van der Waals surface area contributed by atoms with E-state index in [1.54, 1.807) is 50.0 Å². The van der Waals surface area contributed by atoms with Gasteiger partial charge < -0.3 is 10.1 Å². The second-order valence-corrected chi connectivity index (χ2v) is 9.31. The molecule has 0 unspecified atom stereocenters. The Morgan fingerprint density at radius 2 is 1.77 bits per heavy atom. The van der Waals surface area contributed by atoms with Crippen molar-refractivity contribution in [2.45, 2.75) is 38.8 Å². The number of hydrogen-bond acceptors (Lipinski definition) is 4. The van der Waals surface area contributed by atoms with Crippen LogP contribution >= 0.6 is 27.5 Å². The molecule has 1 fully saturated rings. The molecule has 1 heterocycles. The molecule has 0 spiro atoms. The molecular formula is C22H25BrClN3O3. The van der Waals surface area contributed by atoms with Gasteiger partial charge in [0.15, 0.2) is 0 Å². The van der Waals surface area contributed by atoms with Crippen molar-refractivity contribution in [2.24, 2.45) is 0 Å². The third-order valence-electron chi connectivity index (χ3n) is 4.53. The topological polar surface area (TPSA) is 61.9 Å². The molecule has 0 bridgehead atoms. The predicted octanol–water partition coefficient (Wildman–Crippen LogP) is 5.32. The lowest BCUT2D eigenvalue weighted by atomic mass is 10.1. The normalized spacial score (nSPS) is 15.1. The predicted molar refractivity (Wildman–Crippen MR) is 121 cm³/mol. The number of hydrogen-bond donors (Lipinski definition) is 1. The first-order valence-electron chi connectivity index (χ1n) is 9.74. The van der Waals surface area contributed by atoms with E-state index in [0.717, 1.165) is 16.6 Å². The number of ether oxygens (including phenoxy) is 1. The lowest BCUT2D eigenvalue weighted by Crippen LogP contribution is -2.49. The summed E-state index contributed by atoms with van der Waals surface area (Å²) in [5.41, 5.74) is 0.858. The van der Waals surface area contributed by atoms with Crippen molar-refractivity contribution in [1.29, 1.82) is 0 Å². The molecule has 160 valence electrons. The fraction of sp³-hybridized carbons (Fsp3) is 0.364. The van der Waals surface area contributed by atoms with Crippen LogP contribution in [0.25, 0.3) is 0 Å². The van der Waals surface area contributed by atoms with Crippen molar-refractivity contribution >= 4 is 45.2 Å². The molecule has 2 amide bonds. The minimum atomic E-state index is -0.903. The maximum atomic E-state index is 13.6. The van der Waals surface area contributed by atoms with Crippen molar-refractivity contribution < 1.29 is 14.3 Å². The maximum Gasteiger partial charge on any atom is 0.408 e. The Labute approximate surface area is 190 Å². The Morgan fingerprint density at radius 3 is 2.40 bits per heavy atom. The second kappa shape index (κ2) is 9.27. The largest absolute Gasteiger partial charge is 0.444 e. The van der Waals surface area contributed by atoms with E-state index >= 15 is 0 Å². The summed E-state index contributed by atoms with van der Waals surface area (Å²) in [6, 6.07) is 13.7. The Morgan fingerprint density at radius 1 is 1.10 bits per heavy atom. The average Bonchev–Trinajstić information content (AvgIpc) is 3.15. The van der Waals surface area contributed by atoms with Gasteiger partial charge in [0.2, 0.25) is 0 Å². The molecule has 2 aromatic rings. The zero-order valence-electron chi connectivity index (χ0n) is 17.2. The lowest BCUT2D eigenvalue weighted by Gasteiger charge is -2.33. The summed E-state index contributed by atoms with van der Waals surface area (Å²) in [6.45, 7) is 6.59. The molecule has 1 atom stereocenters. The third kappa shape index (κ3) is 5.46. The number of nitrogens with zero attached hydrogens (tertiary/aromatic N) is 2. The Bertz CT molecular complexity index is 915. The summed E-state index contributed by atoms with van der Waals surface area (Å²) in [5, 5.41) is 6.91. The Hall–Kier alpha value is -2.25. The molecule has 0 saturated carbocycles. The Kier molecular flexibility index (Phi) is 6.93. The van der Waals surface area contributed by atoms with Crippen LogP contribution in [0, 0.1) is 0 Å². The van der Waals surface area contributed by atoms with Crippen LogP contribution in [-0.4, -0.2) is 35.7 Å². The summed E-state index contributed by atoms with van der Waals surface area (Å²) in [6.07, 6.45) is 0.176. The van der Waals surface area contributed by atoms with Gasteiger partial charge in [-0.15, -0.1) is 0 Å². The van der Waals surface area contributed by atoms with E-state index in [2.05, 4.69) is 21.2 Å². The number of benzene rings is 2. The fourth-order valence-electron chi connectivity index (χ4n) is 3.27. The summed E-state index contributed by atoms with van der Waals surface area (Å²) in [7, 11) is 0. The van der Waals surface area contributed by atoms with Crippen LogP contribution in [-0.2, 0) is 9.53 Å². The Balaban J connectivity index is 1.90. The summed E-state index contributed by atoms with van der Waals surface area (Å²) < 4.78 is 6.29. The quantitative estimate of drug-likeness (QED) is 0.625. The average molecular weight is 495 g/mol. The van der Waals surface area contributed by atoms with Crippen LogP contribution in [0.1, 0.15) is 38.8 Å². The molecule has 3 rings (SSSR count). The van der Waals surface area contributed by atoms with Gasteiger partial charge in [-0.2, -0.15) is 0 Å². The molecule has 1 saturated heterocycles. The van der Waals surface area contributed by atoms with Crippen LogP contribution < -0.4 is 10.3 Å². The van der Waals surface area contributed by atoms with Crippen LogP contribution in [0.15, 0.2) is 53.0 Å². The first-order chi connectivity index (χ1) is 14.2. The van der Waals surface area contributed by atoms with Crippen molar-refractivity contribution in [3.05, 3.63) is 63.6 Å². The number of nitrogens with one attached hydrogen (secondary N) is 1. The molecule has 2 aromatic carbocycles. The fourth-order valence-corrected chi connectivity index (χ4v) is 3.89. The number of halogens is 2. The molecule has 1 aliphatic heterocycles.